The van der Waals surface area contributed by atoms with Crippen LogP contribution in [0.2, 0.25) is 0 Å². The van der Waals surface area contributed by atoms with E-state index in [1.165, 1.54) is 11.3 Å². The third-order valence-corrected chi connectivity index (χ3v) is 3.73. The van der Waals surface area contributed by atoms with Crippen LogP contribution in [0.4, 0.5) is 0 Å². The highest BCUT2D eigenvalue weighted by molar-refractivity contribution is 6.30. The van der Waals surface area contributed by atoms with E-state index >= 15 is 0 Å². The van der Waals surface area contributed by atoms with E-state index in [1.807, 2.05) is 90.2 Å². The van der Waals surface area contributed by atoms with Gasteiger partial charge in [-0.1, -0.05) is 94.4 Å². The number of hydrogen-bond acceptors (Lipinski definition) is 3. The molecule has 0 saturated carbocycles. The minimum Gasteiger partial charge on any atom is -0.319 e. The fourth-order valence-corrected chi connectivity index (χ4v) is 2.25. The average Bonchev–Trinajstić information content (AvgIpc) is 2.77. The zero-order chi connectivity index (χ0) is 22.5. The van der Waals surface area contributed by atoms with E-state index in [2.05, 4.69) is 30.1 Å². The molecule has 0 spiro atoms. The lowest BCUT2D eigenvalue weighted by Gasteiger charge is -2.22. The van der Waals surface area contributed by atoms with Crippen LogP contribution in [-0.4, -0.2) is 24.8 Å². The van der Waals surface area contributed by atoms with Gasteiger partial charge in [0.25, 0.3) is 0 Å². The Bertz CT molecular complexity index is 643. The van der Waals surface area contributed by atoms with Crippen molar-refractivity contribution in [3.8, 4) is 0 Å². The van der Waals surface area contributed by atoms with Crippen LogP contribution in [0, 0.1) is 0 Å². The van der Waals surface area contributed by atoms with E-state index < -0.39 is 0 Å². The van der Waals surface area contributed by atoms with Gasteiger partial charge >= 0.3 is 0 Å². The number of benzene rings is 1. The predicted octanol–water partition coefficient (Wildman–Crippen LogP) is 7.30. The zero-order valence-electron chi connectivity index (χ0n) is 19.4. The van der Waals surface area contributed by atoms with Gasteiger partial charge in [0.2, 0.25) is 0 Å². The number of nitrogens with one attached hydrogen (secondary N) is 1. The first kappa shape index (κ1) is 29.1. The zero-order valence-corrected chi connectivity index (χ0v) is 20.1. The van der Waals surface area contributed by atoms with Gasteiger partial charge in [0.15, 0.2) is 0 Å². The Kier molecular flexibility index (Phi) is 20.7. The molecule has 3 nitrogen and oxygen atoms in total. The summed E-state index contributed by atoms with van der Waals surface area (Å²) in [6, 6.07) is 10.3. The fraction of sp³-hybridized carbons (Fsp3) is 0.400. The van der Waals surface area contributed by atoms with Crippen LogP contribution in [0.3, 0.4) is 0 Å². The van der Waals surface area contributed by atoms with Gasteiger partial charge < -0.3 is 5.32 Å². The molecule has 0 aliphatic carbocycles. The lowest BCUT2D eigenvalue weighted by molar-refractivity contribution is 0.343. The molecule has 1 aromatic rings. The number of hydrogen-bond donors (Lipinski definition) is 1. The van der Waals surface area contributed by atoms with Gasteiger partial charge in [-0.05, 0) is 38.1 Å². The van der Waals surface area contributed by atoms with Crippen molar-refractivity contribution in [1.29, 1.82) is 0 Å². The molecular weight excluding hydrogens is 378 g/mol. The predicted molar refractivity (Wildman–Crippen MR) is 133 cm³/mol. The van der Waals surface area contributed by atoms with Crippen molar-refractivity contribution in [2.24, 2.45) is 5.10 Å². The molecule has 4 heteroatoms. The highest BCUT2D eigenvalue weighted by atomic mass is 35.5. The van der Waals surface area contributed by atoms with E-state index in [4.69, 9.17) is 16.7 Å². The fourth-order valence-electron chi connectivity index (χ4n) is 2.19. The third-order valence-electron chi connectivity index (χ3n) is 3.61. The Labute approximate surface area is 184 Å². The van der Waals surface area contributed by atoms with Crippen LogP contribution in [-0.2, 0) is 6.54 Å². The van der Waals surface area contributed by atoms with Crippen LogP contribution >= 0.6 is 11.6 Å². The van der Waals surface area contributed by atoms with E-state index in [0.29, 0.717) is 5.03 Å². The Balaban J connectivity index is 0. The lowest BCUT2D eigenvalue weighted by atomic mass is 10.2. The van der Waals surface area contributed by atoms with Gasteiger partial charge in [-0.3, -0.25) is 5.01 Å². The molecule has 29 heavy (non-hydrogen) atoms. The number of rotatable bonds is 10. The Morgan fingerprint density at radius 2 is 1.69 bits per heavy atom. The molecule has 0 saturated heterocycles. The van der Waals surface area contributed by atoms with Crippen molar-refractivity contribution in [3.63, 3.8) is 0 Å². The Morgan fingerprint density at radius 1 is 1.07 bits per heavy atom. The molecule has 1 N–H and O–H groups in total. The normalized spacial score (nSPS) is 11.6. The Morgan fingerprint density at radius 3 is 2.17 bits per heavy atom. The standard InChI is InChI=1S/C21H28ClN3.2C2H6/c1-5-19(13-12-18(3)22)16-24-25(21(6-2)14-15-23-4)17-20-10-8-7-9-11-20;2*1-2/h5-13,16,23H,3,14-15,17H2,1-2,4H3;2*1-2H3/b13-12-,19-5+,21-6+,24-16+;;. The molecule has 0 aromatic heterocycles. The van der Waals surface area contributed by atoms with Gasteiger partial charge in [-0.2, -0.15) is 5.10 Å². The number of nitrogens with zero attached hydrogens (tertiary/aromatic N) is 2. The van der Waals surface area contributed by atoms with Crippen LogP contribution in [0.1, 0.15) is 53.5 Å². The number of allylic oxidation sites excluding steroid dienone is 6. The SMILES string of the molecule is C=C(Cl)\C=C/C(/C=N/N(Cc1ccccc1)/C(=C/C)CCNC)=C\C.CC.CC. The summed E-state index contributed by atoms with van der Waals surface area (Å²) in [6.07, 6.45) is 10.5. The summed E-state index contributed by atoms with van der Waals surface area (Å²) in [7, 11) is 1.96. The first-order valence-corrected chi connectivity index (χ1v) is 10.8. The smallest absolute Gasteiger partial charge is 0.0662 e. The Hall–Kier alpha value is -2.10. The highest BCUT2D eigenvalue weighted by Crippen LogP contribution is 2.15. The monoisotopic (exact) mass is 417 g/mol. The highest BCUT2D eigenvalue weighted by Gasteiger charge is 2.08. The topological polar surface area (TPSA) is 27.6 Å². The van der Waals surface area contributed by atoms with E-state index in [-0.39, 0.29) is 0 Å². The largest absolute Gasteiger partial charge is 0.319 e. The molecule has 1 aromatic carbocycles. The summed E-state index contributed by atoms with van der Waals surface area (Å²) >= 11 is 5.80. The minimum atomic E-state index is 0.497. The lowest BCUT2D eigenvalue weighted by Crippen LogP contribution is -2.20. The molecule has 0 aliphatic rings. The average molecular weight is 418 g/mol. The summed E-state index contributed by atoms with van der Waals surface area (Å²) in [5.41, 5.74) is 3.37. The summed E-state index contributed by atoms with van der Waals surface area (Å²) in [5.74, 6) is 0. The molecule has 1 rings (SSSR count). The maximum Gasteiger partial charge on any atom is 0.0662 e. The van der Waals surface area contributed by atoms with E-state index in [0.717, 1.165) is 25.1 Å². The van der Waals surface area contributed by atoms with Gasteiger partial charge in [0, 0.05) is 23.7 Å². The van der Waals surface area contributed by atoms with Crippen molar-refractivity contribution in [3.05, 3.63) is 83.1 Å². The van der Waals surface area contributed by atoms with E-state index in [9.17, 15) is 0 Å². The summed E-state index contributed by atoms with van der Waals surface area (Å²) in [5, 5.41) is 10.4. The molecule has 0 radical (unpaired) electrons. The maximum absolute atomic E-state index is 5.80. The van der Waals surface area contributed by atoms with E-state index in [1.54, 1.807) is 6.08 Å². The second-order valence-corrected chi connectivity index (χ2v) is 5.98. The molecule has 0 atom stereocenters. The number of halogens is 1. The summed E-state index contributed by atoms with van der Waals surface area (Å²) in [6.45, 7) is 17.3. The van der Waals surface area contributed by atoms with Gasteiger partial charge in [0.1, 0.15) is 0 Å². The van der Waals surface area contributed by atoms with Crippen molar-refractivity contribution in [2.75, 3.05) is 13.6 Å². The molecule has 0 bridgehead atoms. The van der Waals surface area contributed by atoms with Crippen molar-refractivity contribution < 1.29 is 0 Å². The molecule has 0 fully saturated rings. The second-order valence-electron chi connectivity index (χ2n) is 5.49. The van der Waals surface area contributed by atoms with Crippen LogP contribution in [0.25, 0.3) is 0 Å². The third kappa shape index (κ3) is 14.5. The van der Waals surface area contributed by atoms with Crippen molar-refractivity contribution in [1.82, 2.24) is 10.3 Å². The molecular formula is C25H40ClN3. The van der Waals surface area contributed by atoms with Crippen molar-refractivity contribution >= 4 is 17.8 Å². The maximum atomic E-state index is 5.80. The molecule has 0 amide bonds. The first-order chi connectivity index (χ1) is 14.1. The van der Waals surface area contributed by atoms with Gasteiger partial charge in [0.05, 0.1) is 12.8 Å². The van der Waals surface area contributed by atoms with Crippen LogP contribution < -0.4 is 5.32 Å². The van der Waals surface area contributed by atoms with Crippen LogP contribution in [0.15, 0.2) is 82.6 Å². The molecule has 0 unspecified atom stereocenters. The van der Waals surface area contributed by atoms with Gasteiger partial charge in [-0.15, -0.1) is 0 Å². The molecule has 162 valence electrons. The summed E-state index contributed by atoms with van der Waals surface area (Å²) < 4.78 is 0. The van der Waals surface area contributed by atoms with Crippen LogP contribution in [0.5, 0.6) is 0 Å². The molecule has 0 aliphatic heterocycles. The minimum absolute atomic E-state index is 0.497. The van der Waals surface area contributed by atoms with Crippen molar-refractivity contribution in [2.45, 2.75) is 54.5 Å². The second kappa shape index (κ2) is 20.6. The number of hydrazone groups is 1. The first-order valence-electron chi connectivity index (χ1n) is 10.4. The summed E-state index contributed by atoms with van der Waals surface area (Å²) in [4.78, 5) is 0. The van der Waals surface area contributed by atoms with Gasteiger partial charge in [-0.25, -0.2) is 0 Å². The quantitative estimate of drug-likeness (QED) is 0.245. The molecule has 0 heterocycles.